The number of carbonyl (C=O) groups is 1. The zero-order valence-electron chi connectivity index (χ0n) is 16.7. The number of carbonyl (C=O) groups excluding carboxylic acids is 1. The van der Waals surface area contributed by atoms with E-state index in [9.17, 15) is 22.0 Å². The van der Waals surface area contributed by atoms with Crippen LogP contribution in [-0.4, -0.2) is 65.9 Å². The van der Waals surface area contributed by atoms with Gasteiger partial charge in [0.2, 0.25) is 0 Å². The molecular weight excluding hydrogens is 456 g/mol. The average molecular weight is 476 g/mol. The molecule has 0 saturated heterocycles. The number of hydrogen-bond acceptors (Lipinski definition) is 7. The summed E-state index contributed by atoms with van der Waals surface area (Å²) in [7, 11) is -2.88. The van der Waals surface area contributed by atoms with E-state index in [0.717, 1.165) is 7.11 Å². The van der Waals surface area contributed by atoms with E-state index >= 15 is 0 Å². The third kappa shape index (κ3) is 5.37. The Balaban J connectivity index is 1.84. The van der Waals surface area contributed by atoms with Crippen LogP contribution in [0.1, 0.15) is 13.3 Å². The van der Waals surface area contributed by atoms with E-state index in [4.69, 9.17) is 11.6 Å². The van der Waals surface area contributed by atoms with E-state index < -0.39 is 51.2 Å². The number of halogens is 3. The summed E-state index contributed by atoms with van der Waals surface area (Å²) < 4.78 is 52.4. The lowest BCUT2D eigenvalue weighted by molar-refractivity contribution is -0.112. The number of aromatic nitrogens is 3. The molecule has 3 rings (SSSR count). The van der Waals surface area contributed by atoms with E-state index in [1.54, 1.807) is 31.5 Å². The summed E-state index contributed by atoms with van der Waals surface area (Å²) in [6.45, 7) is 1.76. The second kappa shape index (κ2) is 8.87. The fourth-order valence-electron chi connectivity index (χ4n) is 2.99. The minimum atomic E-state index is -4.03. The van der Waals surface area contributed by atoms with Crippen LogP contribution >= 0.6 is 11.6 Å². The molecule has 2 aromatic heterocycles. The van der Waals surface area contributed by atoms with Crippen LogP contribution in [0, 0.1) is 5.92 Å². The maximum atomic E-state index is 13.1. The zero-order chi connectivity index (χ0) is 22.8. The second-order valence-corrected chi connectivity index (χ2v) is 9.41. The number of nitrogens with zero attached hydrogens (tertiary/aromatic N) is 5. The molecule has 0 radical (unpaired) electrons. The molecule has 1 amide bonds. The molecule has 2 heterocycles. The standard InChI is InChI=1S/C18H20ClF2N5O4S/c1-3-25(15-9-26(23-16(15)19)13-5-4-6-22-8-13)17(27)14(24-30-2)11-31(28,29)10-12-7-18(12,20)21/h4-6,8-9,12H,3,7,10-11H2,1-2H3/b24-14-. The normalized spacial score (nSPS) is 18.0. The van der Waals surface area contributed by atoms with Crippen LogP contribution in [0.3, 0.4) is 0 Å². The third-order valence-corrected chi connectivity index (χ3v) is 6.52. The van der Waals surface area contributed by atoms with Gasteiger partial charge in [0.05, 0.1) is 23.8 Å². The van der Waals surface area contributed by atoms with Gasteiger partial charge in [0.25, 0.3) is 11.8 Å². The van der Waals surface area contributed by atoms with Crippen LogP contribution in [0.25, 0.3) is 5.69 Å². The molecule has 0 aliphatic heterocycles. The molecule has 1 aliphatic carbocycles. The lowest BCUT2D eigenvalue weighted by atomic mass is 10.3. The number of rotatable bonds is 9. The van der Waals surface area contributed by atoms with Crippen molar-refractivity contribution < 1.29 is 26.8 Å². The van der Waals surface area contributed by atoms with Crippen LogP contribution in [0.2, 0.25) is 5.15 Å². The molecule has 2 aromatic rings. The smallest absolute Gasteiger partial charge is 0.277 e. The van der Waals surface area contributed by atoms with Crippen molar-refractivity contribution in [3.05, 3.63) is 35.9 Å². The Labute approximate surface area is 182 Å². The number of pyridine rings is 1. The number of oxime groups is 1. The van der Waals surface area contributed by atoms with Gasteiger partial charge in [-0.25, -0.2) is 21.9 Å². The minimum absolute atomic E-state index is 0.00343. The molecule has 1 atom stereocenters. The predicted molar refractivity (Wildman–Crippen MR) is 111 cm³/mol. The number of alkyl halides is 2. The lowest BCUT2D eigenvalue weighted by Gasteiger charge is -2.20. The molecule has 1 fully saturated rings. The molecule has 9 nitrogen and oxygen atoms in total. The molecular formula is C18H20ClF2N5O4S. The number of sulfone groups is 1. The molecule has 1 unspecified atom stereocenters. The highest BCUT2D eigenvalue weighted by Gasteiger charge is 2.58. The summed E-state index contributed by atoms with van der Waals surface area (Å²) in [6, 6.07) is 3.43. The lowest BCUT2D eigenvalue weighted by Crippen LogP contribution is -2.40. The number of hydrogen-bond donors (Lipinski definition) is 0. The summed E-state index contributed by atoms with van der Waals surface area (Å²) in [6.07, 6.45) is 4.14. The van der Waals surface area contributed by atoms with Crippen LogP contribution in [-0.2, 0) is 19.5 Å². The van der Waals surface area contributed by atoms with E-state index in [1.165, 1.54) is 15.8 Å². The van der Waals surface area contributed by atoms with Crippen molar-refractivity contribution in [3.63, 3.8) is 0 Å². The van der Waals surface area contributed by atoms with Crippen LogP contribution in [0.4, 0.5) is 14.5 Å². The monoisotopic (exact) mass is 475 g/mol. The van der Waals surface area contributed by atoms with E-state index in [2.05, 4.69) is 20.1 Å². The highest BCUT2D eigenvalue weighted by atomic mass is 35.5. The van der Waals surface area contributed by atoms with Gasteiger partial charge in [0.1, 0.15) is 18.6 Å². The average Bonchev–Trinajstić information content (AvgIpc) is 3.11. The zero-order valence-corrected chi connectivity index (χ0v) is 18.3. The van der Waals surface area contributed by atoms with Crippen molar-refractivity contribution in [1.29, 1.82) is 0 Å². The summed E-state index contributed by atoms with van der Waals surface area (Å²) in [4.78, 5) is 22.9. The van der Waals surface area contributed by atoms with Crippen molar-refractivity contribution >= 4 is 38.7 Å². The number of amides is 1. The van der Waals surface area contributed by atoms with E-state index in [-0.39, 0.29) is 17.4 Å². The third-order valence-electron chi connectivity index (χ3n) is 4.63. The Hall–Kier alpha value is -2.60. The highest BCUT2D eigenvalue weighted by molar-refractivity contribution is 7.92. The summed E-state index contributed by atoms with van der Waals surface area (Å²) in [5.41, 5.74) is 0.365. The van der Waals surface area contributed by atoms with Gasteiger partial charge in [-0.1, -0.05) is 16.8 Å². The van der Waals surface area contributed by atoms with Crippen LogP contribution in [0.15, 0.2) is 35.9 Å². The van der Waals surface area contributed by atoms with Crippen molar-refractivity contribution in [1.82, 2.24) is 14.8 Å². The van der Waals surface area contributed by atoms with Crippen LogP contribution < -0.4 is 4.90 Å². The Bertz CT molecular complexity index is 1090. The fraction of sp³-hybridized carbons (Fsp3) is 0.444. The first-order valence-corrected chi connectivity index (χ1v) is 11.4. The fourth-order valence-corrected chi connectivity index (χ4v) is 4.90. The predicted octanol–water partition coefficient (Wildman–Crippen LogP) is 2.35. The van der Waals surface area contributed by atoms with Gasteiger partial charge >= 0.3 is 0 Å². The molecule has 0 bridgehead atoms. The summed E-state index contributed by atoms with van der Waals surface area (Å²) in [5, 5.41) is 7.69. The first kappa shape index (κ1) is 23.1. The highest BCUT2D eigenvalue weighted by Crippen LogP contribution is 2.49. The Kier molecular flexibility index (Phi) is 6.60. The van der Waals surface area contributed by atoms with Gasteiger partial charge < -0.3 is 9.74 Å². The molecule has 13 heteroatoms. The van der Waals surface area contributed by atoms with E-state index in [1.807, 2.05) is 0 Å². The Morgan fingerprint density at radius 3 is 2.74 bits per heavy atom. The van der Waals surface area contributed by atoms with Gasteiger partial charge in [0.15, 0.2) is 20.7 Å². The Morgan fingerprint density at radius 2 is 2.19 bits per heavy atom. The quantitative estimate of drug-likeness (QED) is 0.407. The summed E-state index contributed by atoms with van der Waals surface area (Å²) in [5.74, 6) is -6.59. The largest absolute Gasteiger partial charge is 0.399 e. The van der Waals surface area contributed by atoms with E-state index in [0.29, 0.717) is 5.69 Å². The van der Waals surface area contributed by atoms with Gasteiger partial charge in [0, 0.05) is 25.1 Å². The first-order chi connectivity index (χ1) is 14.6. The van der Waals surface area contributed by atoms with Gasteiger partial charge in [-0.3, -0.25) is 9.78 Å². The molecule has 0 spiro atoms. The van der Waals surface area contributed by atoms with Crippen molar-refractivity contribution in [2.24, 2.45) is 11.1 Å². The van der Waals surface area contributed by atoms with Gasteiger partial charge in [-0.15, -0.1) is 0 Å². The molecule has 168 valence electrons. The second-order valence-electron chi connectivity index (χ2n) is 6.95. The van der Waals surface area contributed by atoms with Crippen molar-refractivity contribution in [2.45, 2.75) is 19.3 Å². The maximum absolute atomic E-state index is 13.1. The molecule has 0 aromatic carbocycles. The minimum Gasteiger partial charge on any atom is -0.399 e. The first-order valence-electron chi connectivity index (χ1n) is 9.23. The summed E-state index contributed by atoms with van der Waals surface area (Å²) >= 11 is 6.22. The van der Waals surface area contributed by atoms with Gasteiger partial charge in [-0.05, 0) is 19.1 Å². The molecule has 1 saturated carbocycles. The van der Waals surface area contributed by atoms with Crippen molar-refractivity contribution in [3.8, 4) is 5.69 Å². The van der Waals surface area contributed by atoms with Crippen molar-refractivity contribution in [2.75, 3.05) is 30.1 Å². The Morgan fingerprint density at radius 1 is 1.48 bits per heavy atom. The molecule has 0 N–H and O–H groups in total. The molecule has 31 heavy (non-hydrogen) atoms. The van der Waals surface area contributed by atoms with Gasteiger partial charge in [-0.2, -0.15) is 5.10 Å². The number of anilines is 1. The SMILES string of the molecule is CCN(C(=O)/C(CS(=O)(=O)CC1CC1(F)F)=N\OC)c1cn(-c2cccnc2)nc1Cl. The molecule has 1 aliphatic rings. The maximum Gasteiger partial charge on any atom is 0.277 e. The van der Waals surface area contributed by atoms with Crippen LogP contribution in [0.5, 0.6) is 0 Å². The topological polar surface area (TPSA) is 107 Å².